The van der Waals surface area contributed by atoms with Crippen molar-refractivity contribution in [1.82, 2.24) is 0 Å². The van der Waals surface area contributed by atoms with Crippen LogP contribution in [0, 0.1) is 12.7 Å². The molecule has 0 aliphatic heterocycles. The number of carbonyl (C=O) groups is 1. The van der Waals surface area contributed by atoms with Crippen LogP contribution in [0.2, 0.25) is 5.02 Å². The first-order valence-corrected chi connectivity index (χ1v) is 4.55. The summed E-state index contributed by atoms with van der Waals surface area (Å²) in [6.07, 6.45) is 0.407. The number of carboxylic acids is 1. The molecule has 0 fully saturated rings. The van der Waals surface area contributed by atoms with E-state index in [2.05, 4.69) is 0 Å². The van der Waals surface area contributed by atoms with Crippen molar-refractivity contribution < 1.29 is 14.3 Å². The van der Waals surface area contributed by atoms with Gasteiger partial charge in [0, 0.05) is 6.42 Å². The van der Waals surface area contributed by atoms with Crippen LogP contribution in [0.15, 0.2) is 12.1 Å². The Morgan fingerprint density at radius 3 is 2.79 bits per heavy atom. The van der Waals surface area contributed by atoms with E-state index in [0.29, 0.717) is 12.0 Å². The highest BCUT2D eigenvalue weighted by Gasteiger charge is 2.08. The third-order valence-electron chi connectivity index (χ3n) is 2.06. The Kier molecular flexibility index (Phi) is 3.47. The summed E-state index contributed by atoms with van der Waals surface area (Å²) in [6.45, 7) is 1.68. The number of carboxylic acid groups (broad SMARTS) is 1. The van der Waals surface area contributed by atoms with Gasteiger partial charge in [0.25, 0.3) is 0 Å². The first kappa shape index (κ1) is 11.0. The summed E-state index contributed by atoms with van der Waals surface area (Å²) in [5.41, 5.74) is 1.40. The molecular formula is C10H10ClFO2. The molecule has 0 heterocycles. The molecule has 0 aromatic heterocycles. The number of aryl methyl sites for hydroxylation is 1. The number of benzene rings is 1. The summed E-state index contributed by atoms with van der Waals surface area (Å²) in [4.78, 5) is 10.3. The molecule has 0 saturated carbocycles. The van der Waals surface area contributed by atoms with Gasteiger partial charge in [0.2, 0.25) is 0 Å². The van der Waals surface area contributed by atoms with Gasteiger partial charge < -0.3 is 5.11 Å². The third-order valence-corrected chi connectivity index (χ3v) is 2.52. The zero-order chi connectivity index (χ0) is 10.7. The van der Waals surface area contributed by atoms with Crippen molar-refractivity contribution in [3.63, 3.8) is 0 Å². The smallest absolute Gasteiger partial charge is 0.303 e. The molecule has 0 unspecified atom stereocenters. The molecule has 0 amide bonds. The second-order valence-corrected chi connectivity index (χ2v) is 3.42. The molecule has 0 aliphatic rings. The molecule has 2 nitrogen and oxygen atoms in total. The highest BCUT2D eigenvalue weighted by atomic mass is 35.5. The van der Waals surface area contributed by atoms with Crippen LogP contribution in [-0.4, -0.2) is 11.1 Å². The number of aliphatic carboxylic acids is 1. The fourth-order valence-electron chi connectivity index (χ4n) is 1.20. The van der Waals surface area contributed by atoms with E-state index < -0.39 is 11.8 Å². The monoisotopic (exact) mass is 216 g/mol. The second-order valence-electron chi connectivity index (χ2n) is 3.04. The quantitative estimate of drug-likeness (QED) is 0.844. The molecule has 0 spiro atoms. The Morgan fingerprint density at radius 2 is 2.21 bits per heavy atom. The van der Waals surface area contributed by atoms with Crippen molar-refractivity contribution >= 4 is 17.6 Å². The summed E-state index contributed by atoms with van der Waals surface area (Å²) in [6, 6.07) is 2.83. The van der Waals surface area contributed by atoms with Gasteiger partial charge in [0.15, 0.2) is 0 Å². The minimum Gasteiger partial charge on any atom is -0.481 e. The predicted octanol–water partition coefficient (Wildman–Crippen LogP) is 2.80. The van der Waals surface area contributed by atoms with E-state index in [0.717, 1.165) is 5.56 Å². The van der Waals surface area contributed by atoms with E-state index in [1.807, 2.05) is 0 Å². The van der Waals surface area contributed by atoms with Crippen molar-refractivity contribution in [2.45, 2.75) is 19.8 Å². The van der Waals surface area contributed by atoms with E-state index in [-0.39, 0.29) is 11.4 Å². The number of rotatable bonds is 3. The summed E-state index contributed by atoms with van der Waals surface area (Å²) in [7, 11) is 0. The molecule has 1 rings (SSSR count). The Labute approximate surface area is 86.3 Å². The highest BCUT2D eigenvalue weighted by Crippen LogP contribution is 2.23. The number of hydrogen-bond donors (Lipinski definition) is 1. The lowest BCUT2D eigenvalue weighted by Gasteiger charge is -2.06. The molecular weight excluding hydrogens is 207 g/mol. The van der Waals surface area contributed by atoms with Crippen LogP contribution in [0.1, 0.15) is 17.5 Å². The molecule has 1 aromatic rings. The topological polar surface area (TPSA) is 37.3 Å². The predicted molar refractivity (Wildman–Crippen MR) is 52.1 cm³/mol. The van der Waals surface area contributed by atoms with E-state index >= 15 is 0 Å². The van der Waals surface area contributed by atoms with Crippen LogP contribution in [0.3, 0.4) is 0 Å². The molecule has 76 valence electrons. The third kappa shape index (κ3) is 2.45. The molecule has 0 atom stereocenters. The molecule has 0 radical (unpaired) electrons. The minimum atomic E-state index is -0.871. The van der Waals surface area contributed by atoms with Gasteiger partial charge in [-0.05, 0) is 30.5 Å². The summed E-state index contributed by atoms with van der Waals surface area (Å²) in [5.74, 6) is -1.34. The summed E-state index contributed by atoms with van der Waals surface area (Å²) >= 11 is 5.68. The zero-order valence-electron chi connectivity index (χ0n) is 7.68. The second kappa shape index (κ2) is 4.42. The van der Waals surface area contributed by atoms with Gasteiger partial charge in [-0.15, -0.1) is 0 Å². The highest BCUT2D eigenvalue weighted by molar-refractivity contribution is 6.31. The van der Waals surface area contributed by atoms with Crippen LogP contribution in [0.5, 0.6) is 0 Å². The average molecular weight is 217 g/mol. The lowest BCUT2D eigenvalue weighted by molar-refractivity contribution is -0.136. The summed E-state index contributed by atoms with van der Waals surface area (Å²) < 4.78 is 12.9. The SMILES string of the molecule is Cc1c(CCC(=O)O)ccc(F)c1Cl. The lowest BCUT2D eigenvalue weighted by atomic mass is 10.0. The molecule has 1 N–H and O–H groups in total. The minimum absolute atomic E-state index is 0.0306. The maximum atomic E-state index is 12.9. The zero-order valence-corrected chi connectivity index (χ0v) is 8.44. The standard InChI is InChI=1S/C10H10ClFO2/c1-6-7(3-5-9(13)14)2-4-8(12)10(6)11/h2,4H,3,5H2,1H3,(H,13,14). The Hall–Kier alpha value is -1.09. The Balaban J connectivity index is 2.88. The van der Waals surface area contributed by atoms with Crippen molar-refractivity contribution in [3.05, 3.63) is 34.1 Å². The largest absolute Gasteiger partial charge is 0.481 e. The first-order valence-electron chi connectivity index (χ1n) is 4.17. The molecule has 4 heteroatoms. The number of hydrogen-bond acceptors (Lipinski definition) is 1. The van der Waals surface area contributed by atoms with Crippen LogP contribution in [0.4, 0.5) is 4.39 Å². The Bertz CT molecular complexity index is 363. The van der Waals surface area contributed by atoms with Gasteiger partial charge in [-0.3, -0.25) is 4.79 Å². The van der Waals surface area contributed by atoms with E-state index in [1.165, 1.54) is 6.07 Å². The van der Waals surface area contributed by atoms with Crippen LogP contribution in [-0.2, 0) is 11.2 Å². The molecule has 0 aliphatic carbocycles. The first-order chi connectivity index (χ1) is 6.52. The van der Waals surface area contributed by atoms with Crippen molar-refractivity contribution in [2.75, 3.05) is 0 Å². The van der Waals surface area contributed by atoms with Crippen molar-refractivity contribution in [3.8, 4) is 0 Å². The molecule has 0 saturated heterocycles. The van der Waals surface area contributed by atoms with Gasteiger partial charge >= 0.3 is 5.97 Å². The Morgan fingerprint density at radius 1 is 1.57 bits per heavy atom. The molecule has 1 aromatic carbocycles. The van der Waals surface area contributed by atoms with Crippen molar-refractivity contribution in [1.29, 1.82) is 0 Å². The van der Waals surface area contributed by atoms with Gasteiger partial charge in [-0.2, -0.15) is 0 Å². The summed E-state index contributed by atoms with van der Waals surface area (Å²) in [5, 5.41) is 8.56. The van der Waals surface area contributed by atoms with Crippen molar-refractivity contribution in [2.24, 2.45) is 0 Å². The fourth-order valence-corrected chi connectivity index (χ4v) is 1.39. The maximum absolute atomic E-state index is 12.9. The molecule has 14 heavy (non-hydrogen) atoms. The van der Waals surface area contributed by atoms with Crippen LogP contribution in [0.25, 0.3) is 0 Å². The van der Waals surface area contributed by atoms with Gasteiger partial charge in [-0.1, -0.05) is 17.7 Å². The fraction of sp³-hybridized carbons (Fsp3) is 0.300. The van der Waals surface area contributed by atoms with Gasteiger partial charge in [0.1, 0.15) is 5.82 Å². The van der Waals surface area contributed by atoms with E-state index in [4.69, 9.17) is 16.7 Å². The van der Waals surface area contributed by atoms with E-state index in [1.54, 1.807) is 13.0 Å². The van der Waals surface area contributed by atoms with Crippen LogP contribution < -0.4 is 0 Å². The normalized spacial score (nSPS) is 10.2. The lowest BCUT2D eigenvalue weighted by Crippen LogP contribution is -1.99. The van der Waals surface area contributed by atoms with Crippen LogP contribution >= 0.6 is 11.6 Å². The average Bonchev–Trinajstić information content (AvgIpc) is 2.13. The maximum Gasteiger partial charge on any atom is 0.303 e. The van der Waals surface area contributed by atoms with E-state index in [9.17, 15) is 9.18 Å². The molecule has 0 bridgehead atoms. The van der Waals surface area contributed by atoms with Gasteiger partial charge in [0.05, 0.1) is 5.02 Å². The van der Waals surface area contributed by atoms with Gasteiger partial charge in [-0.25, -0.2) is 4.39 Å². The number of halogens is 2.